The molecular formula is C19H23N7O2. The largest absolute Gasteiger partial charge is 0.379 e. The maximum Gasteiger partial charge on any atom is 0.223 e. The number of morpholine rings is 1. The number of anilines is 1. The molecular weight excluding hydrogens is 358 g/mol. The van der Waals surface area contributed by atoms with Gasteiger partial charge in [0.2, 0.25) is 5.95 Å². The minimum Gasteiger partial charge on any atom is -0.379 e. The van der Waals surface area contributed by atoms with Gasteiger partial charge in [0.05, 0.1) is 36.4 Å². The second-order valence-corrected chi connectivity index (χ2v) is 6.71. The van der Waals surface area contributed by atoms with Gasteiger partial charge in [-0.2, -0.15) is 0 Å². The molecule has 0 saturated carbocycles. The van der Waals surface area contributed by atoms with Gasteiger partial charge in [0, 0.05) is 44.6 Å². The first-order chi connectivity index (χ1) is 13.7. The molecule has 146 valence electrons. The predicted molar refractivity (Wildman–Crippen MR) is 104 cm³/mol. The molecule has 3 aromatic rings. The molecule has 0 aliphatic carbocycles. The Morgan fingerprint density at radius 2 is 1.89 bits per heavy atom. The third-order valence-electron chi connectivity index (χ3n) is 4.52. The third-order valence-corrected chi connectivity index (χ3v) is 4.52. The van der Waals surface area contributed by atoms with Crippen LogP contribution in [-0.2, 0) is 4.74 Å². The smallest absolute Gasteiger partial charge is 0.223 e. The molecule has 0 atom stereocenters. The van der Waals surface area contributed by atoms with Gasteiger partial charge in [-0.25, -0.2) is 9.97 Å². The van der Waals surface area contributed by atoms with Crippen molar-refractivity contribution < 1.29 is 9.26 Å². The molecule has 1 N–H and O–H groups in total. The second kappa shape index (κ2) is 8.41. The van der Waals surface area contributed by atoms with Crippen LogP contribution in [0.4, 0.5) is 5.95 Å². The van der Waals surface area contributed by atoms with Gasteiger partial charge in [-0.3, -0.25) is 14.9 Å². The molecule has 9 nitrogen and oxygen atoms in total. The molecule has 0 bridgehead atoms. The van der Waals surface area contributed by atoms with Crippen LogP contribution in [-0.4, -0.2) is 69.4 Å². The first-order valence-electron chi connectivity index (χ1n) is 9.33. The number of ether oxygens (including phenoxy) is 1. The lowest BCUT2D eigenvalue weighted by atomic mass is 10.1. The van der Waals surface area contributed by atoms with Gasteiger partial charge in [-0.1, -0.05) is 5.16 Å². The van der Waals surface area contributed by atoms with Crippen LogP contribution in [0.15, 0.2) is 29.2 Å². The van der Waals surface area contributed by atoms with Crippen molar-refractivity contribution in [2.24, 2.45) is 0 Å². The Kier molecular flexibility index (Phi) is 5.54. The zero-order chi connectivity index (χ0) is 19.3. The summed E-state index contributed by atoms with van der Waals surface area (Å²) in [6.45, 7) is 8.93. The highest BCUT2D eigenvalue weighted by atomic mass is 16.5. The van der Waals surface area contributed by atoms with E-state index in [0.717, 1.165) is 56.3 Å². The van der Waals surface area contributed by atoms with Crippen molar-refractivity contribution >= 4 is 5.95 Å². The Morgan fingerprint density at radius 3 is 2.61 bits per heavy atom. The first-order valence-corrected chi connectivity index (χ1v) is 9.33. The lowest BCUT2D eigenvalue weighted by molar-refractivity contribution is 0.0398. The average molecular weight is 381 g/mol. The van der Waals surface area contributed by atoms with Gasteiger partial charge < -0.3 is 14.6 Å². The molecule has 1 aliphatic rings. The summed E-state index contributed by atoms with van der Waals surface area (Å²) in [5.41, 5.74) is 3.70. The van der Waals surface area contributed by atoms with E-state index in [1.807, 2.05) is 19.9 Å². The molecule has 0 amide bonds. The standard InChI is InChI=1S/C19H23N7O2/c1-13-9-17(28-25-13)15-11-23-19(20-3-4-26-5-7-27-8-6-26)24-18(15)16-12-21-14(2)10-22-16/h9-12H,3-8H2,1-2H3,(H,20,23,24). The van der Waals surface area contributed by atoms with E-state index in [2.05, 4.69) is 35.3 Å². The van der Waals surface area contributed by atoms with Crippen LogP contribution in [0.5, 0.6) is 0 Å². The van der Waals surface area contributed by atoms with E-state index >= 15 is 0 Å². The summed E-state index contributed by atoms with van der Waals surface area (Å²) < 4.78 is 10.8. The highest BCUT2D eigenvalue weighted by Crippen LogP contribution is 2.29. The van der Waals surface area contributed by atoms with Crippen molar-refractivity contribution in [2.75, 3.05) is 44.7 Å². The molecule has 1 fully saturated rings. The van der Waals surface area contributed by atoms with Crippen LogP contribution in [0.2, 0.25) is 0 Å². The Balaban J connectivity index is 1.56. The van der Waals surface area contributed by atoms with Crippen molar-refractivity contribution in [3.63, 3.8) is 0 Å². The Labute approximate surface area is 163 Å². The van der Waals surface area contributed by atoms with Crippen molar-refractivity contribution in [2.45, 2.75) is 13.8 Å². The lowest BCUT2D eigenvalue weighted by Crippen LogP contribution is -2.39. The summed E-state index contributed by atoms with van der Waals surface area (Å²) in [6.07, 6.45) is 5.17. The van der Waals surface area contributed by atoms with E-state index < -0.39 is 0 Å². The van der Waals surface area contributed by atoms with Crippen molar-refractivity contribution in [3.8, 4) is 22.7 Å². The molecule has 0 spiro atoms. The van der Waals surface area contributed by atoms with E-state index in [1.165, 1.54) is 0 Å². The van der Waals surface area contributed by atoms with Crippen molar-refractivity contribution in [1.82, 2.24) is 30.0 Å². The van der Waals surface area contributed by atoms with Crippen LogP contribution in [0.25, 0.3) is 22.7 Å². The van der Waals surface area contributed by atoms with Crippen LogP contribution in [0, 0.1) is 13.8 Å². The number of nitrogens with one attached hydrogen (secondary N) is 1. The second-order valence-electron chi connectivity index (χ2n) is 6.71. The average Bonchev–Trinajstić information content (AvgIpc) is 3.15. The van der Waals surface area contributed by atoms with Crippen molar-refractivity contribution in [1.29, 1.82) is 0 Å². The first kappa shape index (κ1) is 18.5. The Bertz CT molecular complexity index is 920. The molecule has 1 aliphatic heterocycles. The number of aromatic nitrogens is 5. The normalized spacial score (nSPS) is 14.9. The Morgan fingerprint density at radius 1 is 1.04 bits per heavy atom. The van der Waals surface area contributed by atoms with Gasteiger partial charge in [-0.05, 0) is 13.8 Å². The summed E-state index contributed by atoms with van der Waals surface area (Å²) in [5, 5.41) is 7.27. The summed E-state index contributed by atoms with van der Waals surface area (Å²) in [6, 6.07) is 1.86. The molecule has 9 heteroatoms. The minimum absolute atomic E-state index is 0.547. The zero-order valence-electron chi connectivity index (χ0n) is 16.1. The van der Waals surface area contributed by atoms with Gasteiger partial charge in [0.15, 0.2) is 5.76 Å². The monoisotopic (exact) mass is 381 g/mol. The van der Waals surface area contributed by atoms with Gasteiger partial charge >= 0.3 is 0 Å². The summed E-state index contributed by atoms with van der Waals surface area (Å²) in [4.78, 5) is 20.3. The molecule has 0 unspecified atom stereocenters. The van der Waals surface area contributed by atoms with E-state index in [0.29, 0.717) is 23.1 Å². The molecule has 4 heterocycles. The van der Waals surface area contributed by atoms with Crippen LogP contribution in [0.1, 0.15) is 11.4 Å². The van der Waals surface area contributed by atoms with E-state index in [9.17, 15) is 0 Å². The van der Waals surface area contributed by atoms with Crippen LogP contribution >= 0.6 is 0 Å². The van der Waals surface area contributed by atoms with E-state index in [1.54, 1.807) is 18.6 Å². The number of nitrogens with zero attached hydrogens (tertiary/aromatic N) is 6. The molecule has 3 aromatic heterocycles. The SMILES string of the molecule is Cc1cnc(-c2nc(NCCN3CCOCC3)ncc2-c2cc(C)no2)cn1. The van der Waals surface area contributed by atoms with E-state index in [-0.39, 0.29) is 0 Å². The lowest BCUT2D eigenvalue weighted by Gasteiger charge is -2.26. The highest BCUT2D eigenvalue weighted by Gasteiger charge is 2.17. The predicted octanol–water partition coefficient (Wildman–Crippen LogP) is 1.95. The molecule has 1 saturated heterocycles. The molecule has 28 heavy (non-hydrogen) atoms. The quantitative estimate of drug-likeness (QED) is 0.686. The Hall–Kier alpha value is -2.91. The zero-order valence-corrected chi connectivity index (χ0v) is 16.1. The van der Waals surface area contributed by atoms with Gasteiger partial charge in [0.1, 0.15) is 11.4 Å². The van der Waals surface area contributed by atoms with Crippen molar-refractivity contribution in [3.05, 3.63) is 36.0 Å². The number of hydrogen-bond donors (Lipinski definition) is 1. The highest BCUT2D eigenvalue weighted by molar-refractivity contribution is 5.76. The fourth-order valence-corrected chi connectivity index (χ4v) is 3.00. The van der Waals surface area contributed by atoms with Gasteiger partial charge in [-0.15, -0.1) is 0 Å². The number of aryl methyl sites for hydroxylation is 2. The third kappa shape index (κ3) is 4.32. The fourth-order valence-electron chi connectivity index (χ4n) is 3.00. The fraction of sp³-hybridized carbons (Fsp3) is 0.421. The topological polar surface area (TPSA) is 102 Å². The van der Waals surface area contributed by atoms with Crippen LogP contribution < -0.4 is 5.32 Å². The maximum absolute atomic E-state index is 5.42. The number of hydrogen-bond acceptors (Lipinski definition) is 9. The van der Waals surface area contributed by atoms with Crippen LogP contribution in [0.3, 0.4) is 0 Å². The van der Waals surface area contributed by atoms with E-state index in [4.69, 9.17) is 9.26 Å². The maximum atomic E-state index is 5.42. The minimum atomic E-state index is 0.547. The molecule has 4 rings (SSSR count). The molecule has 0 aromatic carbocycles. The number of rotatable bonds is 6. The summed E-state index contributed by atoms with van der Waals surface area (Å²) >= 11 is 0. The molecule has 0 radical (unpaired) electrons. The van der Waals surface area contributed by atoms with Gasteiger partial charge in [0.25, 0.3) is 0 Å². The summed E-state index contributed by atoms with van der Waals surface area (Å²) in [5.74, 6) is 1.15. The summed E-state index contributed by atoms with van der Waals surface area (Å²) in [7, 11) is 0.